The lowest BCUT2D eigenvalue weighted by Crippen LogP contribution is -2.14. The van der Waals surface area contributed by atoms with Gasteiger partial charge in [-0.2, -0.15) is 5.10 Å². The van der Waals surface area contributed by atoms with Crippen molar-refractivity contribution in [2.24, 2.45) is 0 Å². The fraction of sp³-hybridized carbons (Fsp3) is 0.0625. The molecule has 0 unspecified atom stereocenters. The molecular weight excluding hydrogens is 413 g/mol. The molecule has 0 aliphatic heterocycles. The van der Waals surface area contributed by atoms with Gasteiger partial charge in [-0.05, 0) is 34.5 Å². The molecule has 0 atom stereocenters. The Bertz CT molecular complexity index is 1230. The van der Waals surface area contributed by atoms with Crippen LogP contribution in [-0.4, -0.2) is 20.2 Å². The zero-order chi connectivity index (χ0) is 17.9. The number of pyridine rings is 2. The normalized spacial score (nSPS) is 11.5. The van der Waals surface area contributed by atoms with Crippen LogP contribution in [0.25, 0.3) is 33.1 Å². The van der Waals surface area contributed by atoms with E-state index in [2.05, 4.69) is 36.1 Å². The minimum Gasteiger partial charge on any atom is -0.394 e. The van der Waals surface area contributed by atoms with E-state index in [-0.39, 0.29) is 11.2 Å². The van der Waals surface area contributed by atoms with Crippen molar-refractivity contribution < 1.29 is 4.39 Å². The summed E-state index contributed by atoms with van der Waals surface area (Å²) in [5, 5.41) is 7.34. The van der Waals surface area contributed by atoms with E-state index in [9.17, 15) is 9.18 Å². The number of nitrogens with two attached hydrogens (primary N) is 1. The van der Waals surface area contributed by atoms with Gasteiger partial charge in [0.2, 0.25) is 0 Å². The second-order valence-corrected chi connectivity index (χ2v) is 6.69. The molecule has 6 nitrogen and oxygen atoms in total. The fourth-order valence-corrected chi connectivity index (χ4v) is 3.55. The van der Waals surface area contributed by atoms with Gasteiger partial charge in [0, 0.05) is 16.5 Å². The van der Waals surface area contributed by atoms with Crippen LogP contribution in [0.15, 0.2) is 27.7 Å². The van der Waals surface area contributed by atoms with E-state index >= 15 is 0 Å². The minimum absolute atomic E-state index is 0.0269. The molecule has 1 aromatic carbocycles. The predicted molar refractivity (Wildman–Crippen MR) is 99.3 cm³/mol. The van der Waals surface area contributed by atoms with Crippen molar-refractivity contribution in [3.63, 3.8) is 0 Å². The summed E-state index contributed by atoms with van der Waals surface area (Å²) in [7, 11) is 0. The summed E-state index contributed by atoms with van der Waals surface area (Å²) in [6.07, 6.45) is 1.48. The monoisotopic (exact) mass is 421 g/mol. The van der Waals surface area contributed by atoms with Gasteiger partial charge in [0.15, 0.2) is 0 Å². The first kappa shape index (κ1) is 16.0. The Kier molecular flexibility index (Phi) is 3.55. The highest BCUT2D eigenvalue weighted by atomic mass is 79.9. The number of aromatic nitrogens is 4. The van der Waals surface area contributed by atoms with Crippen LogP contribution in [0.5, 0.6) is 0 Å². The van der Waals surface area contributed by atoms with Crippen molar-refractivity contribution >= 4 is 55.2 Å². The van der Waals surface area contributed by atoms with Gasteiger partial charge in [0.05, 0.1) is 22.3 Å². The third kappa shape index (κ3) is 2.25. The van der Waals surface area contributed by atoms with Gasteiger partial charge in [-0.3, -0.25) is 9.89 Å². The molecule has 0 fully saturated rings. The summed E-state index contributed by atoms with van der Waals surface area (Å²) >= 11 is 9.74. The Morgan fingerprint density at radius 3 is 2.84 bits per heavy atom. The second-order valence-electron chi connectivity index (χ2n) is 5.56. The number of nitrogens with zero attached hydrogens (tertiary/aromatic N) is 2. The molecule has 0 amide bonds. The first-order valence-corrected chi connectivity index (χ1v) is 8.36. The third-order valence-corrected chi connectivity index (χ3v) is 5.37. The van der Waals surface area contributed by atoms with E-state index in [4.69, 9.17) is 17.3 Å². The SMILES string of the molecule is Cc1c(Br)nc2c(-c3ccc(F)c4[nH]ncc34)c(N)c(=O)[nH]c2c1Cl. The zero-order valence-electron chi connectivity index (χ0n) is 12.7. The average Bonchev–Trinajstić information content (AvgIpc) is 3.07. The molecule has 25 heavy (non-hydrogen) atoms. The number of aromatic amines is 2. The number of halogens is 3. The van der Waals surface area contributed by atoms with Crippen molar-refractivity contribution in [3.8, 4) is 11.1 Å². The van der Waals surface area contributed by atoms with Crippen LogP contribution in [-0.2, 0) is 0 Å². The number of benzene rings is 1. The lowest BCUT2D eigenvalue weighted by molar-refractivity contribution is 0.636. The quantitative estimate of drug-likeness (QED) is 0.405. The van der Waals surface area contributed by atoms with E-state index in [0.29, 0.717) is 42.7 Å². The maximum atomic E-state index is 14.0. The predicted octanol–water partition coefficient (Wildman–Crippen LogP) is 3.91. The molecule has 0 aliphatic carbocycles. The molecule has 0 bridgehead atoms. The fourth-order valence-electron chi connectivity index (χ4n) is 2.83. The van der Waals surface area contributed by atoms with Gasteiger partial charge in [-0.1, -0.05) is 17.7 Å². The number of hydrogen-bond acceptors (Lipinski definition) is 4. The van der Waals surface area contributed by atoms with E-state index in [1.807, 2.05) is 0 Å². The van der Waals surface area contributed by atoms with Crippen molar-refractivity contribution in [1.82, 2.24) is 20.2 Å². The van der Waals surface area contributed by atoms with Gasteiger partial charge in [-0.25, -0.2) is 9.37 Å². The summed E-state index contributed by atoms with van der Waals surface area (Å²) in [4.78, 5) is 19.5. The highest BCUT2D eigenvalue weighted by Gasteiger charge is 2.20. The number of nitrogen functional groups attached to an aromatic ring is 1. The molecule has 4 N–H and O–H groups in total. The molecule has 3 aromatic heterocycles. The van der Waals surface area contributed by atoms with Crippen LogP contribution in [0.1, 0.15) is 5.56 Å². The summed E-state index contributed by atoms with van der Waals surface area (Å²) < 4.78 is 14.5. The van der Waals surface area contributed by atoms with E-state index < -0.39 is 11.4 Å². The maximum Gasteiger partial charge on any atom is 0.272 e. The van der Waals surface area contributed by atoms with E-state index in [1.165, 1.54) is 12.3 Å². The summed E-state index contributed by atoms with van der Waals surface area (Å²) in [6, 6.07) is 2.83. The Hall–Kier alpha value is -2.45. The molecule has 3 heterocycles. The summed E-state index contributed by atoms with van der Waals surface area (Å²) in [5.41, 5.74) is 8.15. The van der Waals surface area contributed by atoms with Crippen LogP contribution >= 0.6 is 27.5 Å². The largest absolute Gasteiger partial charge is 0.394 e. The molecule has 0 saturated heterocycles. The lowest BCUT2D eigenvalue weighted by Gasteiger charge is -2.13. The van der Waals surface area contributed by atoms with E-state index in [1.54, 1.807) is 13.0 Å². The van der Waals surface area contributed by atoms with Crippen molar-refractivity contribution in [1.29, 1.82) is 0 Å². The molecule has 126 valence electrons. The third-order valence-electron chi connectivity index (χ3n) is 4.13. The van der Waals surface area contributed by atoms with Crippen LogP contribution in [0.2, 0.25) is 5.02 Å². The Morgan fingerprint density at radius 2 is 2.08 bits per heavy atom. The smallest absolute Gasteiger partial charge is 0.272 e. The number of hydrogen-bond donors (Lipinski definition) is 3. The minimum atomic E-state index is -0.492. The topological polar surface area (TPSA) is 100 Å². The molecule has 0 spiro atoms. The Balaban J connectivity index is 2.25. The second kappa shape index (κ2) is 5.53. The van der Waals surface area contributed by atoms with Crippen molar-refractivity contribution in [3.05, 3.63) is 49.7 Å². The number of H-pyrrole nitrogens is 2. The molecule has 0 radical (unpaired) electrons. The van der Waals surface area contributed by atoms with E-state index in [0.717, 1.165) is 0 Å². The van der Waals surface area contributed by atoms with Gasteiger partial charge in [0.25, 0.3) is 5.56 Å². The van der Waals surface area contributed by atoms with Gasteiger partial charge >= 0.3 is 0 Å². The molecule has 9 heteroatoms. The summed E-state index contributed by atoms with van der Waals surface area (Å²) in [5.74, 6) is -0.452. The molecule has 4 rings (SSSR count). The molecule has 0 saturated carbocycles. The Morgan fingerprint density at radius 1 is 1.32 bits per heavy atom. The first-order chi connectivity index (χ1) is 11.9. The average molecular weight is 423 g/mol. The van der Waals surface area contributed by atoms with Crippen LogP contribution in [0.4, 0.5) is 10.1 Å². The molecule has 4 aromatic rings. The Labute approximate surface area is 153 Å². The number of anilines is 1. The zero-order valence-corrected chi connectivity index (χ0v) is 15.1. The summed E-state index contributed by atoms with van der Waals surface area (Å²) in [6.45, 7) is 1.78. The number of fused-ring (bicyclic) bond motifs is 2. The maximum absolute atomic E-state index is 14.0. The molecule has 0 aliphatic rings. The lowest BCUT2D eigenvalue weighted by atomic mass is 9.99. The highest BCUT2D eigenvalue weighted by molar-refractivity contribution is 9.10. The van der Waals surface area contributed by atoms with Crippen LogP contribution < -0.4 is 11.3 Å². The highest BCUT2D eigenvalue weighted by Crippen LogP contribution is 2.38. The van der Waals surface area contributed by atoms with Crippen molar-refractivity contribution in [2.45, 2.75) is 6.92 Å². The van der Waals surface area contributed by atoms with Crippen LogP contribution in [0.3, 0.4) is 0 Å². The standard InChI is InChI=1S/C16H10BrClFN5O/c1-5-10(18)14-13(22-15(5)17)9(11(20)16(25)23-14)6-2-3-8(19)12-7(6)4-21-24-12/h2-4H,20H2,1H3,(H,21,24)(H,23,25). The van der Waals surface area contributed by atoms with Gasteiger partial charge < -0.3 is 10.7 Å². The first-order valence-electron chi connectivity index (χ1n) is 7.19. The van der Waals surface area contributed by atoms with Crippen molar-refractivity contribution in [2.75, 3.05) is 5.73 Å². The van der Waals surface area contributed by atoms with Gasteiger partial charge in [-0.15, -0.1) is 0 Å². The number of rotatable bonds is 1. The van der Waals surface area contributed by atoms with Gasteiger partial charge in [0.1, 0.15) is 21.6 Å². The molecular formula is C16H10BrClFN5O. The number of nitrogens with one attached hydrogen (secondary N) is 2. The van der Waals surface area contributed by atoms with Crippen LogP contribution in [0, 0.1) is 12.7 Å².